The maximum atomic E-state index is 10.1. The molecule has 0 saturated heterocycles. The van der Waals surface area contributed by atoms with Gasteiger partial charge in [-0.05, 0) is 23.8 Å². The lowest BCUT2D eigenvalue weighted by molar-refractivity contribution is -0.131. The average Bonchev–Trinajstić information content (AvgIpc) is 2.03. The topological polar surface area (TPSA) is 63.3 Å². The number of nitrogen functional groups attached to an aromatic ring is 1. The maximum Gasteiger partial charge on any atom is 0.328 e. The molecule has 0 unspecified atom stereocenters. The number of nitrogens with two attached hydrogens (primary N) is 1. The summed E-state index contributed by atoms with van der Waals surface area (Å²) in [5.41, 5.74) is 6.94. The smallest absolute Gasteiger partial charge is 0.328 e. The Morgan fingerprint density at radius 2 is 1.85 bits per heavy atom. The number of aliphatic carboxylic acids is 1. The van der Waals surface area contributed by atoms with Crippen molar-refractivity contribution in [1.82, 2.24) is 0 Å². The summed E-state index contributed by atoms with van der Waals surface area (Å²) < 4.78 is 0. The molecule has 4 heteroatoms. The van der Waals surface area contributed by atoms with Gasteiger partial charge in [-0.15, -0.1) is 12.4 Å². The monoisotopic (exact) mass is 199 g/mol. The van der Waals surface area contributed by atoms with E-state index in [1.807, 2.05) is 0 Å². The summed E-state index contributed by atoms with van der Waals surface area (Å²) in [5.74, 6) is -0.952. The molecule has 0 bridgehead atoms. The third-order valence-electron chi connectivity index (χ3n) is 1.35. The summed E-state index contributed by atoms with van der Waals surface area (Å²) in [6, 6.07) is 6.96. The quantitative estimate of drug-likeness (QED) is 0.564. The lowest BCUT2D eigenvalue weighted by Gasteiger charge is -1.92. The number of rotatable bonds is 2. The van der Waals surface area contributed by atoms with Gasteiger partial charge in [-0.25, -0.2) is 4.79 Å². The van der Waals surface area contributed by atoms with Crippen LogP contribution in [0.4, 0.5) is 5.69 Å². The van der Waals surface area contributed by atoms with Gasteiger partial charge in [-0.3, -0.25) is 0 Å². The van der Waals surface area contributed by atoms with Crippen molar-refractivity contribution in [2.75, 3.05) is 5.73 Å². The Morgan fingerprint density at radius 3 is 2.31 bits per heavy atom. The Labute approximate surface area is 82.3 Å². The molecule has 0 heterocycles. The van der Waals surface area contributed by atoms with Gasteiger partial charge in [-0.1, -0.05) is 12.1 Å². The molecule has 3 nitrogen and oxygen atoms in total. The second-order valence-corrected chi connectivity index (χ2v) is 2.34. The molecule has 0 aromatic heterocycles. The van der Waals surface area contributed by atoms with Gasteiger partial charge < -0.3 is 10.8 Å². The third-order valence-corrected chi connectivity index (χ3v) is 1.35. The molecular formula is C9H10ClNO2. The van der Waals surface area contributed by atoms with E-state index in [-0.39, 0.29) is 12.4 Å². The molecule has 0 aliphatic carbocycles. The van der Waals surface area contributed by atoms with Gasteiger partial charge in [-0.2, -0.15) is 0 Å². The van der Waals surface area contributed by atoms with Gasteiger partial charge in [0.1, 0.15) is 0 Å². The molecule has 0 aliphatic heterocycles. The maximum absolute atomic E-state index is 10.1. The van der Waals surface area contributed by atoms with E-state index in [0.29, 0.717) is 5.69 Å². The molecule has 1 rings (SSSR count). The highest BCUT2D eigenvalue weighted by Gasteiger charge is 1.88. The Bertz CT molecular complexity index is 306. The SMILES string of the molecule is Cl.Nc1ccc(/C=C\C(=O)O)cc1. The Balaban J connectivity index is 0.00000144. The summed E-state index contributed by atoms with van der Waals surface area (Å²) in [6.45, 7) is 0. The first-order chi connectivity index (χ1) is 5.68. The van der Waals surface area contributed by atoms with Crippen molar-refractivity contribution in [3.8, 4) is 0 Å². The highest BCUT2D eigenvalue weighted by atomic mass is 35.5. The average molecular weight is 200 g/mol. The zero-order valence-corrected chi connectivity index (χ0v) is 7.62. The molecule has 1 aromatic rings. The van der Waals surface area contributed by atoms with E-state index in [4.69, 9.17) is 10.8 Å². The van der Waals surface area contributed by atoms with Crippen molar-refractivity contribution in [1.29, 1.82) is 0 Å². The largest absolute Gasteiger partial charge is 0.478 e. The van der Waals surface area contributed by atoms with Gasteiger partial charge in [0.15, 0.2) is 0 Å². The second-order valence-electron chi connectivity index (χ2n) is 2.34. The highest BCUT2D eigenvalue weighted by molar-refractivity contribution is 5.85. The van der Waals surface area contributed by atoms with Gasteiger partial charge >= 0.3 is 5.97 Å². The number of benzene rings is 1. The van der Waals surface area contributed by atoms with Crippen LogP contribution in [0.2, 0.25) is 0 Å². The minimum atomic E-state index is -0.952. The van der Waals surface area contributed by atoms with Crippen molar-refractivity contribution >= 4 is 30.1 Å². The zero-order chi connectivity index (χ0) is 8.97. The lowest BCUT2D eigenvalue weighted by Crippen LogP contribution is -1.86. The van der Waals surface area contributed by atoms with Crippen molar-refractivity contribution in [3.63, 3.8) is 0 Å². The van der Waals surface area contributed by atoms with Gasteiger partial charge in [0.2, 0.25) is 0 Å². The molecule has 0 spiro atoms. The van der Waals surface area contributed by atoms with E-state index < -0.39 is 5.97 Å². The Hall–Kier alpha value is -1.48. The molecular weight excluding hydrogens is 190 g/mol. The van der Waals surface area contributed by atoms with Crippen LogP contribution in [0.3, 0.4) is 0 Å². The standard InChI is InChI=1S/C9H9NO2.ClH/c10-8-4-1-7(2-5-8)3-6-9(11)12;/h1-6H,10H2,(H,11,12);1H/b6-3-;. The fourth-order valence-electron chi connectivity index (χ4n) is 0.775. The normalized spacial score (nSPS) is 9.54. The van der Waals surface area contributed by atoms with E-state index in [2.05, 4.69) is 0 Å². The first-order valence-corrected chi connectivity index (χ1v) is 3.45. The van der Waals surface area contributed by atoms with Crippen LogP contribution in [0.15, 0.2) is 30.3 Å². The first kappa shape index (κ1) is 11.5. The van der Waals surface area contributed by atoms with Crippen LogP contribution in [0.5, 0.6) is 0 Å². The number of hydrogen-bond acceptors (Lipinski definition) is 2. The summed E-state index contributed by atoms with van der Waals surface area (Å²) in [7, 11) is 0. The molecule has 0 fully saturated rings. The number of carboxylic acids is 1. The van der Waals surface area contributed by atoms with Crippen LogP contribution < -0.4 is 5.73 Å². The molecule has 0 radical (unpaired) electrons. The Kier molecular flexibility index (Phi) is 4.62. The molecule has 13 heavy (non-hydrogen) atoms. The van der Waals surface area contributed by atoms with Crippen molar-refractivity contribution < 1.29 is 9.90 Å². The molecule has 0 atom stereocenters. The van der Waals surface area contributed by atoms with Crippen LogP contribution in [-0.4, -0.2) is 11.1 Å². The first-order valence-electron chi connectivity index (χ1n) is 3.45. The predicted molar refractivity (Wildman–Crippen MR) is 54.8 cm³/mol. The van der Waals surface area contributed by atoms with Gasteiger partial charge in [0.25, 0.3) is 0 Å². The second kappa shape index (κ2) is 5.22. The van der Waals surface area contributed by atoms with Crippen LogP contribution in [0, 0.1) is 0 Å². The number of anilines is 1. The minimum Gasteiger partial charge on any atom is -0.478 e. The summed E-state index contributed by atoms with van der Waals surface area (Å²) in [6.07, 6.45) is 2.60. The van der Waals surface area contributed by atoms with E-state index >= 15 is 0 Å². The van der Waals surface area contributed by atoms with Crippen molar-refractivity contribution in [2.24, 2.45) is 0 Å². The molecule has 70 valence electrons. The summed E-state index contributed by atoms with van der Waals surface area (Å²) in [5, 5.41) is 8.32. The highest BCUT2D eigenvalue weighted by Crippen LogP contribution is 2.06. The predicted octanol–water partition coefficient (Wildman–Crippen LogP) is 1.79. The number of hydrogen-bond donors (Lipinski definition) is 2. The van der Waals surface area contributed by atoms with Crippen LogP contribution in [-0.2, 0) is 4.79 Å². The molecule has 1 aromatic carbocycles. The molecule has 0 amide bonds. The summed E-state index contributed by atoms with van der Waals surface area (Å²) >= 11 is 0. The van der Waals surface area contributed by atoms with Gasteiger partial charge in [0, 0.05) is 11.8 Å². The summed E-state index contributed by atoms with van der Waals surface area (Å²) in [4.78, 5) is 10.1. The lowest BCUT2D eigenvalue weighted by atomic mass is 10.2. The van der Waals surface area contributed by atoms with Crippen LogP contribution >= 0.6 is 12.4 Å². The van der Waals surface area contributed by atoms with E-state index in [1.54, 1.807) is 24.3 Å². The minimum absolute atomic E-state index is 0. The third kappa shape index (κ3) is 4.18. The number of carboxylic acid groups (broad SMARTS) is 1. The van der Waals surface area contributed by atoms with Crippen molar-refractivity contribution in [3.05, 3.63) is 35.9 Å². The number of halogens is 1. The Morgan fingerprint density at radius 1 is 1.31 bits per heavy atom. The van der Waals surface area contributed by atoms with E-state index in [9.17, 15) is 4.79 Å². The zero-order valence-electron chi connectivity index (χ0n) is 6.81. The van der Waals surface area contributed by atoms with Crippen LogP contribution in [0.25, 0.3) is 6.08 Å². The van der Waals surface area contributed by atoms with E-state index in [1.165, 1.54) is 6.08 Å². The van der Waals surface area contributed by atoms with Crippen LogP contribution in [0.1, 0.15) is 5.56 Å². The van der Waals surface area contributed by atoms with Gasteiger partial charge in [0.05, 0.1) is 0 Å². The fourth-order valence-corrected chi connectivity index (χ4v) is 0.775. The number of carbonyl (C=O) groups is 1. The molecule has 3 N–H and O–H groups in total. The molecule has 0 saturated carbocycles. The van der Waals surface area contributed by atoms with E-state index in [0.717, 1.165) is 11.6 Å². The fraction of sp³-hybridized carbons (Fsp3) is 0. The molecule has 0 aliphatic rings. The van der Waals surface area contributed by atoms with Crippen molar-refractivity contribution in [2.45, 2.75) is 0 Å².